The minimum Gasteiger partial charge on any atom is -0.370 e. The van der Waals surface area contributed by atoms with Crippen LogP contribution in [0, 0.1) is 5.92 Å². The maximum Gasteiger partial charge on any atom is 0.125 e. The third-order valence-electron chi connectivity index (χ3n) is 3.81. The summed E-state index contributed by atoms with van der Waals surface area (Å²) < 4.78 is 2.00. The van der Waals surface area contributed by atoms with Gasteiger partial charge in [-0.05, 0) is 37.1 Å². The molecule has 5 heteroatoms. The van der Waals surface area contributed by atoms with Gasteiger partial charge in [0.2, 0.25) is 0 Å². The molecule has 0 amide bonds. The van der Waals surface area contributed by atoms with Crippen LogP contribution in [0.4, 0.5) is 5.82 Å². The number of nitrogens with zero attached hydrogens (tertiary/aromatic N) is 4. The van der Waals surface area contributed by atoms with E-state index >= 15 is 0 Å². The van der Waals surface area contributed by atoms with Crippen molar-refractivity contribution in [3.63, 3.8) is 0 Å². The van der Waals surface area contributed by atoms with Gasteiger partial charge in [-0.25, -0.2) is 4.98 Å². The Morgan fingerprint density at radius 1 is 1.20 bits per heavy atom. The number of nitrogens with one attached hydrogen (secondary N) is 1. The lowest BCUT2D eigenvalue weighted by Crippen LogP contribution is -2.26. The molecule has 106 valence electrons. The highest BCUT2D eigenvalue weighted by atomic mass is 15.3. The van der Waals surface area contributed by atoms with Crippen molar-refractivity contribution in [1.82, 2.24) is 19.7 Å². The van der Waals surface area contributed by atoms with Crippen molar-refractivity contribution in [3.8, 4) is 0 Å². The van der Waals surface area contributed by atoms with Gasteiger partial charge in [0.1, 0.15) is 5.82 Å². The quantitative estimate of drug-likeness (QED) is 0.869. The maximum absolute atomic E-state index is 4.29. The summed E-state index contributed by atoms with van der Waals surface area (Å²) in [7, 11) is 0. The summed E-state index contributed by atoms with van der Waals surface area (Å²) in [6.07, 6.45) is 6.95. The molecule has 2 aromatic rings. The fourth-order valence-corrected chi connectivity index (χ4v) is 2.68. The Balaban J connectivity index is 1.38. The lowest BCUT2D eigenvalue weighted by molar-refractivity contribution is 0.305. The largest absolute Gasteiger partial charge is 0.370 e. The van der Waals surface area contributed by atoms with Gasteiger partial charge >= 0.3 is 0 Å². The average molecular weight is 271 g/mol. The van der Waals surface area contributed by atoms with Crippen molar-refractivity contribution in [2.75, 3.05) is 31.5 Å². The van der Waals surface area contributed by atoms with Crippen molar-refractivity contribution < 1.29 is 0 Å². The molecule has 0 spiro atoms. The smallest absolute Gasteiger partial charge is 0.125 e. The van der Waals surface area contributed by atoms with Crippen LogP contribution in [-0.2, 0) is 6.54 Å². The van der Waals surface area contributed by atoms with E-state index in [4.69, 9.17) is 0 Å². The van der Waals surface area contributed by atoms with Gasteiger partial charge < -0.3 is 10.2 Å². The maximum atomic E-state index is 4.29. The lowest BCUT2D eigenvalue weighted by Gasteiger charge is -2.16. The summed E-state index contributed by atoms with van der Waals surface area (Å²) in [4.78, 5) is 6.81. The van der Waals surface area contributed by atoms with E-state index in [1.165, 1.54) is 19.5 Å². The standard InChI is InChI=1S/C15H21N5/c1-2-6-16-15(4-1)17-12-14-5-9-19(13-14)10-11-20-8-3-7-18-20/h1-4,6-8,14H,5,9-13H2,(H,16,17)/t14-/m0/s1. The monoisotopic (exact) mass is 271 g/mol. The zero-order chi connectivity index (χ0) is 13.6. The van der Waals surface area contributed by atoms with E-state index in [2.05, 4.69) is 20.3 Å². The third kappa shape index (κ3) is 3.57. The average Bonchev–Trinajstić information content (AvgIpc) is 3.16. The van der Waals surface area contributed by atoms with E-state index in [0.717, 1.165) is 31.4 Å². The van der Waals surface area contributed by atoms with Gasteiger partial charge in [-0.15, -0.1) is 0 Å². The fraction of sp³-hybridized carbons (Fsp3) is 0.467. The fourth-order valence-electron chi connectivity index (χ4n) is 2.68. The van der Waals surface area contributed by atoms with E-state index in [0.29, 0.717) is 0 Å². The third-order valence-corrected chi connectivity index (χ3v) is 3.81. The summed E-state index contributed by atoms with van der Waals surface area (Å²) in [5.74, 6) is 1.69. The number of aromatic nitrogens is 3. The molecule has 0 aromatic carbocycles. The summed E-state index contributed by atoms with van der Waals surface area (Å²) in [6, 6.07) is 7.95. The number of anilines is 1. The summed E-state index contributed by atoms with van der Waals surface area (Å²) in [5, 5.41) is 7.66. The molecule has 1 aliphatic heterocycles. The van der Waals surface area contributed by atoms with Gasteiger partial charge in [-0.3, -0.25) is 4.68 Å². The second-order valence-corrected chi connectivity index (χ2v) is 5.32. The number of likely N-dealkylation sites (tertiary alicyclic amines) is 1. The highest BCUT2D eigenvalue weighted by molar-refractivity contribution is 5.33. The molecule has 5 nitrogen and oxygen atoms in total. The molecule has 2 aromatic heterocycles. The molecule has 0 aliphatic carbocycles. The van der Waals surface area contributed by atoms with Gasteiger partial charge in [-0.1, -0.05) is 6.07 Å². The van der Waals surface area contributed by atoms with Crippen LogP contribution in [0.15, 0.2) is 42.9 Å². The second-order valence-electron chi connectivity index (χ2n) is 5.32. The topological polar surface area (TPSA) is 46.0 Å². The Bertz CT molecular complexity index is 496. The van der Waals surface area contributed by atoms with Crippen LogP contribution in [0.1, 0.15) is 6.42 Å². The van der Waals surface area contributed by atoms with Gasteiger partial charge in [0, 0.05) is 38.2 Å². The molecule has 20 heavy (non-hydrogen) atoms. The van der Waals surface area contributed by atoms with Crippen LogP contribution >= 0.6 is 0 Å². The van der Waals surface area contributed by atoms with E-state index < -0.39 is 0 Å². The van der Waals surface area contributed by atoms with Gasteiger partial charge in [-0.2, -0.15) is 5.10 Å². The van der Waals surface area contributed by atoms with Gasteiger partial charge in [0.25, 0.3) is 0 Å². The number of rotatable bonds is 6. The van der Waals surface area contributed by atoms with E-state index in [1.54, 1.807) is 0 Å². The number of hydrogen-bond acceptors (Lipinski definition) is 4. The Hall–Kier alpha value is -1.88. The van der Waals surface area contributed by atoms with Crippen molar-refractivity contribution in [2.24, 2.45) is 5.92 Å². The minimum absolute atomic E-state index is 0.717. The molecular weight excluding hydrogens is 250 g/mol. The van der Waals surface area contributed by atoms with E-state index in [9.17, 15) is 0 Å². The predicted octanol–water partition coefficient (Wildman–Crippen LogP) is 1.71. The molecular formula is C15H21N5. The Morgan fingerprint density at radius 2 is 2.20 bits per heavy atom. The van der Waals surface area contributed by atoms with Crippen LogP contribution in [0.2, 0.25) is 0 Å². The zero-order valence-corrected chi connectivity index (χ0v) is 11.7. The van der Waals surface area contributed by atoms with Crippen molar-refractivity contribution in [2.45, 2.75) is 13.0 Å². The van der Waals surface area contributed by atoms with Crippen LogP contribution in [-0.4, -0.2) is 45.8 Å². The predicted molar refractivity (Wildman–Crippen MR) is 79.5 cm³/mol. The molecule has 0 saturated carbocycles. The van der Waals surface area contributed by atoms with E-state index in [1.807, 2.05) is 47.5 Å². The zero-order valence-electron chi connectivity index (χ0n) is 11.7. The molecule has 0 unspecified atom stereocenters. The molecule has 1 N–H and O–H groups in total. The SMILES string of the molecule is c1ccc(NC[C@@H]2CCN(CCn3cccn3)C2)nc1. The highest BCUT2D eigenvalue weighted by Gasteiger charge is 2.21. The molecule has 3 heterocycles. The molecule has 0 bridgehead atoms. The normalized spacial score (nSPS) is 19.3. The van der Waals surface area contributed by atoms with Gasteiger partial charge in [0.05, 0.1) is 6.54 Å². The first kappa shape index (κ1) is 13.1. The molecule has 1 fully saturated rings. The van der Waals surface area contributed by atoms with Crippen molar-refractivity contribution >= 4 is 5.82 Å². The molecule has 1 aliphatic rings. The van der Waals surface area contributed by atoms with Crippen LogP contribution in [0.5, 0.6) is 0 Å². The minimum atomic E-state index is 0.717. The first-order valence-corrected chi connectivity index (χ1v) is 7.25. The Labute approximate surface area is 119 Å². The Kier molecular flexibility index (Phi) is 4.28. The molecule has 0 radical (unpaired) electrons. The van der Waals surface area contributed by atoms with Gasteiger partial charge in [0.15, 0.2) is 0 Å². The van der Waals surface area contributed by atoms with Crippen molar-refractivity contribution in [3.05, 3.63) is 42.9 Å². The highest BCUT2D eigenvalue weighted by Crippen LogP contribution is 2.16. The number of pyridine rings is 1. The summed E-state index contributed by atoms with van der Waals surface area (Å²) >= 11 is 0. The lowest BCUT2D eigenvalue weighted by atomic mass is 10.1. The molecule has 3 rings (SSSR count). The second kappa shape index (κ2) is 6.52. The first-order chi connectivity index (χ1) is 9.90. The van der Waals surface area contributed by atoms with E-state index in [-0.39, 0.29) is 0 Å². The summed E-state index contributed by atoms with van der Waals surface area (Å²) in [5.41, 5.74) is 0. The molecule has 1 atom stereocenters. The Morgan fingerprint density at radius 3 is 3.00 bits per heavy atom. The van der Waals surface area contributed by atoms with Crippen molar-refractivity contribution in [1.29, 1.82) is 0 Å². The summed E-state index contributed by atoms with van der Waals surface area (Å²) in [6.45, 7) is 5.43. The molecule has 1 saturated heterocycles. The van der Waals surface area contributed by atoms with Crippen LogP contribution in [0.3, 0.4) is 0 Å². The first-order valence-electron chi connectivity index (χ1n) is 7.25. The van der Waals surface area contributed by atoms with Crippen LogP contribution < -0.4 is 5.32 Å². The number of hydrogen-bond donors (Lipinski definition) is 1. The van der Waals surface area contributed by atoms with Crippen LogP contribution in [0.25, 0.3) is 0 Å².